The predicted molar refractivity (Wildman–Crippen MR) is 78.7 cm³/mol. The molecule has 3 rings (SSSR count). The molecule has 0 aliphatic heterocycles. The van der Waals surface area contributed by atoms with Crippen LogP contribution in [0.2, 0.25) is 0 Å². The Kier molecular flexibility index (Phi) is 3.42. The van der Waals surface area contributed by atoms with Crippen molar-refractivity contribution in [2.75, 3.05) is 0 Å². The van der Waals surface area contributed by atoms with Gasteiger partial charge in [-0.15, -0.1) is 5.10 Å². The Balaban J connectivity index is 2.23. The van der Waals surface area contributed by atoms with Crippen molar-refractivity contribution in [2.45, 2.75) is 6.92 Å². The molecule has 0 saturated heterocycles. The molecule has 0 saturated carbocycles. The second-order valence-corrected chi connectivity index (χ2v) is 4.53. The lowest BCUT2D eigenvalue weighted by Gasteiger charge is -2.11. The molecule has 2 aromatic carbocycles. The summed E-state index contributed by atoms with van der Waals surface area (Å²) in [5.41, 5.74) is 3.67. The van der Waals surface area contributed by atoms with Crippen molar-refractivity contribution in [1.29, 1.82) is 0 Å². The van der Waals surface area contributed by atoms with E-state index in [2.05, 4.69) is 20.7 Å². The highest BCUT2D eigenvalue weighted by Crippen LogP contribution is 2.27. The van der Waals surface area contributed by atoms with E-state index in [4.69, 9.17) is 5.21 Å². The highest BCUT2D eigenvalue weighted by Gasteiger charge is 2.11. The topological polar surface area (TPSA) is 76.2 Å². The van der Waals surface area contributed by atoms with Crippen molar-refractivity contribution in [1.82, 2.24) is 20.2 Å². The third-order valence-electron chi connectivity index (χ3n) is 3.17. The van der Waals surface area contributed by atoms with Gasteiger partial charge in [0.15, 0.2) is 5.82 Å². The van der Waals surface area contributed by atoms with Crippen molar-refractivity contribution in [2.24, 2.45) is 5.16 Å². The number of rotatable bonds is 3. The van der Waals surface area contributed by atoms with E-state index in [9.17, 15) is 0 Å². The van der Waals surface area contributed by atoms with Crippen molar-refractivity contribution < 1.29 is 5.21 Å². The fourth-order valence-electron chi connectivity index (χ4n) is 2.19. The first kappa shape index (κ1) is 13.0. The molecule has 3 aromatic rings. The Morgan fingerprint density at radius 3 is 2.62 bits per heavy atom. The molecular formula is C15H13N5O. The number of aryl methyl sites for hydroxylation is 1. The summed E-state index contributed by atoms with van der Waals surface area (Å²) in [6.07, 6.45) is 1.37. The lowest BCUT2D eigenvalue weighted by Crippen LogP contribution is -2.03. The van der Waals surface area contributed by atoms with Crippen LogP contribution in [0.4, 0.5) is 0 Å². The number of aromatic nitrogens is 4. The van der Waals surface area contributed by atoms with E-state index < -0.39 is 0 Å². The van der Waals surface area contributed by atoms with Crippen molar-refractivity contribution in [3.63, 3.8) is 0 Å². The van der Waals surface area contributed by atoms with E-state index in [0.29, 0.717) is 5.82 Å². The van der Waals surface area contributed by atoms with E-state index in [1.165, 1.54) is 6.21 Å². The quantitative estimate of drug-likeness (QED) is 0.454. The van der Waals surface area contributed by atoms with E-state index in [1.54, 1.807) is 4.68 Å². The van der Waals surface area contributed by atoms with Gasteiger partial charge in [0.05, 0.1) is 11.9 Å². The number of benzene rings is 2. The minimum Gasteiger partial charge on any atom is -0.411 e. The van der Waals surface area contributed by atoms with Gasteiger partial charge in [0.1, 0.15) is 0 Å². The lowest BCUT2D eigenvalue weighted by molar-refractivity contribution is 0.322. The number of tetrazole rings is 1. The summed E-state index contributed by atoms with van der Waals surface area (Å²) in [6.45, 7) is 1.83. The van der Waals surface area contributed by atoms with Crippen LogP contribution in [0.15, 0.2) is 53.7 Å². The smallest absolute Gasteiger partial charge is 0.153 e. The van der Waals surface area contributed by atoms with Crippen LogP contribution < -0.4 is 0 Å². The minimum atomic E-state index is 0.685. The molecule has 6 heteroatoms. The maximum atomic E-state index is 8.70. The Labute approximate surface area is 121 Å². The Hall–Kier alpha value is -3.02. The van der Waals surface area contributed by atoms with Gasteiger partial charge in [0.2, 0.25) is 0 Å². The molecule has 1 N–H and O–H groups in total. The molecule has 6 nitrogen and oxygen atoms in total. The number of nitrogens with zero attached hydrogens (tertiary/aromatic N) is 5. The van der Waals surface area contributed by atoms with Crippen LogP contribution in [-0.2, 0) is 0 Å². The zero-order valence-corrected chi connectivity index (χ0v) is 11.4. The third kappa shape index (κ3) is 2.51. The van der Waals surface area contributed by atoms with E-state index in [1.807, 2.05) is 55.5 Å². The minimum absolute atomic E-state index is 0.685. The first-order valence-electron chi connectivity index (χ1n) is 6.42. The Morgan fingerprint density at radius 1 is 1.14 bits per heavy atom. The first-order valence-corrected chi connectivity index (χ1v) is 6.42. The Morgan fingerprint density at radius 2 is 1.95 bits per heavy atom. The lowest BCUT2D eigenvalue weighted by atomic mass is 10.0. The van der Waals surface area contributed by atoms with Crippen LogP contribution in [0.3, 0.4) is 0 Å². The monoisotopic (exact) mass is 279 g/mol. The molecule has 0 spiro atoms. The normalized spacial score (nSPS) is 11.1. The van der Waals surface area contributed by atoms with Crippen molar-refractivity contribution in [3.8, 4) is 16.8 Å². The largest absolute Gasteiger partial charge is 0.411 e. The fourth-order valence-corrected chi connectivity index (χ4v) is 2.19. The number of oxime groups is 1. The summed E-state index contributed by atoms with van der Waals surface area (Å²) < 4.78 is 1.66. The molecule has 0 radical (unpaired) electrons. The van der Waals surface area contributed by atoms with Gasteiger partial charge in [0.25, 0.3) is 0 Å². The van der Waals surface area contributed by atoms with Gasteiger partial charge in [-0.1, -0.05) is 47.6 Å². The van der Waals surface area contributed by atoms with Gasteiger partial charge in [-0.05, 0) is 34.5 Å². The average Bonchev–Trinajstić information content (AvgIpc) is 2.94. The highest BCUT2D eigenvalue weighted by atomic mass is 16.4. The van der Waals surface area contributed by atoms with Crippen LogP contribution in [-0.4, -0.2) is 31.6 Å². The predicted octanol–water partition coefficient (Wildman–Crippen LogP) is 2.45. The zero-order valence-electron chi connectivity index (χ0n) is 11.4. The van der Waals surface area contributed by atoms with Gasteiger partial charge < -0.3 is 5.21 Å². The number of hydrogen-bond acceptors (Lipinski definition) is 5. The van der Waals surface area contributed by atoms with E-state index in [-0.39, 0.29) is 0 Å². The highest BCUT2D eigenvalue weighted by molar-refractivity contribution is 5.84. The summed E-state index contributed by atoms with van der Waals surface area (Å²) in [5.74, 6) is 0.685. The standard InChI is InChI=1S/C15H13N5O/c1-11-17-18-19-20(11)15-9-12(10-16-21)7-8-14(15)13-5-3-2-4-6-13/h2-10,21H,1H3. The fraction of sp³-hybridized carbons (Fsp3) is 0.0667. The zero-order chi connectivity index (χ0) is 14.7. The van der Waals surface area contributed by atoms with Gasteiger partial charge in [-0.2, -0.15) is 4.68 Å². The molecule has 0 aliphatic carbocycles. The maximum absolute atomic E-state index is 8.70. The molecule has 0 aliphatic rings. The average molecular weight is 279 g/mol. The molecule has 1 heterocycles. The van der Waals surface area contributed by atoms with Crippen LogP contribution in [0.5, 0.6) is 0 Å². The second-order valence-electron chi connectivity index (χ2n) is 4.53. The molecule has 0 fully saturated rings. The maximum Gasteiger partial charge on any atom is 0.153 e. The van der Waals surface area contributed by atoms with Gasteiger partial charge in [-0.25, -0.2) is 0 Å². The van der Waals surface area contributed by atoms with E-state index >= 15 is 0 Å². The molecular weight excluding hydrogens is 266 g/mol. The van der Waals surface area contributed by atoms with Gasteiger partial charge in [-0.3, -0.25) is 0 Å². The first-order chi connectivity index (χ1) is 10.3. The molecule has 104 valence electrons. The summed E-state index contributed by atoms with van der Waals surface area (Å²) in [4.78, 5) is 0. The van der Waals surface area contributed by atoms with Crippen LogP contribution >= 0.6 is 0 Å². The number of hydrogen-bond donors (Lipinski definition) is 1. The van der Waals surface area contributed by atoms with Crippen LogP contribution in [0, 0.1) is 6.92 Å². The summed E-state index contributed by atoms with van der Waals surface area (Å²) in [5, 5.41) is 23.4. The molecule has 21 heavy (non-hydrogen) atoms. The van der Waals surface area contributed by atoms with Crippen LogP contribution in [0.1, 0.15) is 11.4 Å². The second kappa shape index (κ2) is 5.54. The molecule has 1 aromatic heterocycles. The SMILES string of the molecule is Cc1nnnn1-c1cc(C=NO)ccc1-c1ccccc1. The molecule has 0 amide bonds. The molecule has 0 unspecified atom stereocenters. The molecule has 0 bridgehead atoms. The molecule has 0 atom stereocenters. The van der Waals surface area contributed by atoms with Gasteiger partial charge >= 0.3 is 0 Å². The summed E-state index contributed by atoms with van der Waals surface area (Å²) >= 11 is 0. The van der Waals surface area contributed by atoms with Crippen LogP contribution in [0.25, 0.3) is 16.8 Å². The van der Waals surface area contributed by atoms with Gasteiger partial charge in [0, 0.05) is 5.56 Å². The van der Waals surface area contributed by atoms with Crippen molar-refractivity contribution >= 4 is 6.21 Å². The summed E-state index contributed by atoms with van der Waals surface area (Å²) in [6, 6.07) is 15.7. The van der Waals surface area contributed by atoms with E-state index in [0.717, 1.165) is 22.4 Å². The summed E-state index contributed by atoms with van der Waals surface area (Å²) in [7, 11) is 0. The third-order valence-corrected chi connectivity index (χ3v) is 3.17. The Bertz CT molecular complexity index is 780. The van der Waals surface area contributed by atoms with Crippen molar-refractivity contribution in [3.05, 3.63) is 59.9 Å².